The van der Waals surface area contributed by atoms with Gasteiger partial charge < -0.3 is 16.0 Å². The number of benzene rings is 2. The van der Waals surface area contributed by atoms with Gasteiger partial charge in [-0.25, -0.2) is 4.99 Å². The molecule has 3 N–H and O–H groups in total. The molecule has 0 unspecified atom stereocenters. The van der Waals surface area contributed by atoms with Gasteiger partial charge >= 0.3 is 6.18 Å². The van der Waals surface area contributed by atoms with E-state index in [1.165, 1.54) is 6.07 Å². The van der Waals surface area contributed by atoms with E-state index in [0.29, 0.717) is 41.7 Å². The minimum atomic E-state index is -4.39. The van der Waals surface area contributed by atoms with E-state index in [2.05, 4.69) is 20.9 Å². The smallest absolute Gasteiger partial charge is 0.357 e. The van der Waals surface area contributed by atoms with Crippen molar-refractivity contribution >= 4 is 47.4 Å². The Morgan fingerprint density at radius 2 is 1.73 bits per heavy atom. The van der Waals surface area contributed by atoms with Crippen LogP contribution in [0.4, 0.5) is 13.2 Å². The van der Waals surface area contributed by atoms with Gasteiger partial charge in [0, 0.05) is 19.6 Å². The number of halogens is 5. The zero-order valence-corrected chi connectivity index (χ0v) is 19.3. The number of nitrogens with one attached hydrogen (secondary N) is 3. The molecule has 10 heteroatoms. The molecule has 0 saturated heterocycles. The van der Waals surface area contributed by atoms with Gasteiger partial charge in [0.05, 0.1) is 22.7 Å². The third-order valence-electron chi connectivity index (χ3n) is 3.84. The van der Waals surface area contributed by atoms with Gasteiger partial charge in [-0.1, -0.05) is 35.9 Å². The molecular weight excluding hydrogens is 532 g/mol. The first-order chi connectivity index (χ1) is 13.8. The minimum Gasteiger partial charge on any atom is -0.357 e. The van der Waals surface area contributed by atoms with Crippen LogP contribution >= 0.6 is 35.6 Å². The first-order valence-electron chi connectivity index (χ1n) is 9.02. The van der Waals surface area contributed by atoms with Gasteiger partial charge in [0.2, 0.25) is 0 Å². The molecule has 1 amide bonds. The second kappa shape index (κ2) is 12.6. The molecule has 0 fully saturated rings. The van der Waals surface area contributed by atoms with Crippen LogP contribution in [0.3, 0.4) is 0 Å². The summed E-state index contributed by atoms with van der Waals surface area (Å²) in [5.41, 5.74) is 0.133. The van der Waals surface area contributed by atoms with Crippen molar-refractivity contribution in [3.63, 3.8) is 0 Å². The molecule has 0 saturated carbocycles. The van der Waals surface area contributed by atoms with Gasteiger partial charge in [0.25, 0.3) is 5.91 Å². The monoisotopic (exact) mass is 554 g/mol. The van der Waals surface area contributed by atoms with E-state index in [1.807, 2.05) is 6.92 Å². The maximum Gasteiger partial charge on any atom is 0.416 e. The number of aliphatic imine (C=N–C) groups is 1. The number of carbonyl (C=O) groups excluding carboxylic acids is 1. The molecule has 5 nitrogen and oxygen atoms in total. The fraction of sp³-hybridized carbons (Fsp3) is 0.300. The predicted molar refractivity (Wildman–Crippen MR) is 123 cm³/mol. The number of alkyl halides is 3. The normalized spacial score (nSPS) is 11.4. The number of rotatable bonds is 7. The Hall–Kier alpha value is -2.01. The summed E-state index contributed by atoms with van der Waals surface area (Å²) in [6.45, 7) is 3.24. The van der Waals surface area contributed by atoms with Crippen LogP contribution in [0, 0.1) is 0 Å². The molecule has 30 heavy (non-hydrogen) atoms. The maximum absolute atomic E-state index is 12.8. The van der Waals surface area contributed by atoms with E-state index < -0.39 is 11.7 Å². The molecule has 2 rings (SSSR count). The highest BCUT2D eigenvalue weighted by atomic mass is 127. The number of amides is 1. The lowest BCUT2D eigenvalue weighted by atomic mass is 10.1. The Morgan fingerprint density at radius 1 is 1.03 bits per heavy atom. The van der Waals surface area contributed by atoms with Crippen LogP contribution in [0.2, 0.25) is 5.02 Å². The highest BCUT2D eigenvalue weighted by molar-refractivity contribution is 14.0. The molecule has 0 bridgehead atoms. The molecule has 2 aromatic carbocycles. The Morgan fingerprint density at radius 3 is 2.40 bits per heavy atom. The van der Waals surface area contributed by atoms with Crippen molar-refractivity contribution in [3.8, 4) is 0 Å². The number of carbonyl (C=O) groups is 1. The largest absolute Gasteiger partial charge is 0.416 e. The molecule has 0 aliphatic carbocycles. The van der Waals surface area contributed by atoms with E-state index >= 15 is 0 Å². The molecule has 164 valence electrons. The van der Waals surface area contributed by atoms with E-state index in [1.54, 1.807) is 30.3 Å². The predicted octanol–water partition coefficient (Wildman–Crippen LogP) is 4.46. The fourth-order valence-corrected chi connectivity index (χ4v) is 2.68. The number of hydrogen-bond acceptors (Lipinski definition) is 2. The highest BCUT2D eigenvalue weighted by Crippen LogP contribution is 2.29. The molecular formula is C20H23ClF3IN4O. The Balaban J connectivity index is 0.00000450. The highest BCUT2D eigenvalue weighted by Gasteiger charge is 2.30. The summed E-state index contributed by atoms with van der Waals surface area (Å²) < 4.78 is 38.4. The van der Waals surface area contributed by atoms with E-state index in [-0.39, 0.29) is 36.4 Å². The molecule has 0 heterocycles. The van der Waals surface area contributed by atoms with Crippen molar-refractivity contribution in [1.29, 1.82) is 0 Å². The Bertz CT molecular complexity index is 862. The summed E-state index contributed by atoms with van der Waals surface area (Å²) >= 11 is 5.99. The van der Waals surface area contributed by atoms with Crippen LogP contribution in [0.1, 0.15) is 28.4 Å². The Labute approximate surface area is 195 Å². The van der Waals surface area contributed by atoms with Gasteiger partial charge in [-0.05, 0) is 36.8 Å². The maximum atomic E-state index is 12.8. The van der Waals surface area contributed by atoms with Gasteiger partial charge in [-0.2, -0.15) is 13.2 Å². The van der Waals surface area contributed by atoms with E-state index in [0.717, 1.165) is 12.1 Å². The summed E-state index contributed by atoms with van der Waals surface area (Å²) in [5.74, 6) is 0.153. The van der Waals surface area contributed by atoms with E-state index in [9.17, 15) is 18.0 Å². The number of hydrogen-bond donors (Lipinski definition) is 3. The molecule has 0 aromatic heterocycles. The first-order valence-corrected chi connectivity index (χ1v) is 9.40. The van der Waals surface area contributed by atoms with Crippen LogP contribution < -0.4 is 16.0 Å². The number of guanidine groups is 1. The lowest BCUT2D eigenvalue weighted by Gasteiger charge is -2.12. The van der Waals surface area contributed by atoms with Crippen molar-refractivity contribution in [2.45, 2.75) is 19.6 Å². The van der Waals surface area contributed by atoms with Gasteiger partial charge in [-0.15, -0.1) is 24.0 Å². The first kappa shape index (κ1) is 26.0. The second-order valence-corrected chi connectivity index (χ2v) is 6.46. The topological polar surface area (TPSA) is 65.5 Å². The second-order valence-electron chi connectivity index (χ2n) is 6.06. The Kier molecular flexibility index (Phi) is 11.0. The van der Waals surface area contributed by atoms with Crippen molar-refractivity contribution < 1.29 is 18.0 Å². The molecule has 2 aromatic rings. The third-order valence-corrected chi connectivity index (χ3v) is 4.17. The minimum absolute atomic E-state index is 0. The summed E-state index contributed by atoms with van der Waals surface area (Å²) in [7, 11) is 0. The summed E-state index contributed by atoms with van der Waals surface area (Å²) in [5, 5.41) is 9.15. The zero-order valence-electron chi connectivity index (χ0n) is 16.2. The molecule has 0 radical (unpaired) electrons. The summed E-state index contributed by atoms with van der Waals surface area (Å²) in [4.78, 5) is 16.4. The van der Waals surface area contributed by atoms with Crippen LogP contribution in [-0.4, -0.2) is 31.5 Å². The molecule has 0 aliphatic heterocycles. The van der Waals surface area contributed by atoms with Crippen LogP contribution in [0.15, 0.2) is 53.5 Å². The molecule has 0 atom stereocenters. The van der Waals surface area contributed by atoms with Gasteiger partial charge in [-0.3, -0.25) is 4.79 Å². The average Bonchev–Trinajstić information content (AvgIpc) is 2.69. The lowest BCUT2D eigenvalue weighted by molar-refractivity contribution is -0.137. The van der Waals surface area contributed by atoms with Gasteiger partial charge in [0.15, 0.2) is 5.96 Å². The van der Waals surface area contributed by atoms with Crippen molar-refractivity contribution in [1.82, 2.24) is 16.0 Å². The molecule has 0 aliphatic rings. The summed E-state index contributed by atoms with van der Waals surface area (Å²) in [6.07, 6.45) is -4.39. The fourth-order valence-electron chi connectivity index (χ4n) is 2.46. The van der Waals surface area contributed by atoms with Crippen LogP contribution in [-0.2, 0) is 12.7 Å². The summed E-state index contributed by atoms with van der Waals surface area (Å²) in [6, 6.07) is 11.8. The average molecular weight is 555 g/mol. The number of nitrogens with zero attached hydrogens (tertiary/aromatic N) is 1. The van der Waals surface area contributed by atoms with Crippen molar-refractivity contribution in [2.24, 2.45) is 4.99 Å². The van der Waals surface area contributed by atoms with Crippen molar-refractivity contribution in [3.05, 3.63) is 70.2 Å². The van der Waals surface area contributed by atoms with Gasteiger partial charge in [0.1, 0.15) is 0 Å². The SMILES string of the molecule is CCNC(=NCc1cccc(C(F)(F)F)c1)NCCNC(=O)c1ccccc1Cl.I. The van der Waals surface area contributed by atoms with E-state index in [4.69, 9.17) is 11.6 Å². The van der Waals surface area contributed by atoms with Crippen molar-refractivity contribution in [2.75, 3.05) is 19.6 Å². The molecule has 0 spiro atoms. The third kappa shape index (κ3) is 8.39. The lowest BCUT2D eigenvalue weighted by Crippen LogP contribution is -2.41. The quantitative estimate of drug-likeness (QED) is 0.205. The van der Waals surface area contributed by atoms with Crippen LogP contribution in [0.25, 0.3) is 0 Å². The van der Waals surface area contributed by atoms with Crippen LogP contribution in [0.5, 0.6) is 0 Å². The standard InChI is InChI=1S/C20H22ClF3N4O.HI/c1-2-25-19(28-13-14-6-5-7-15(12-14)20(22,23)24)27-11-10-26-18(29)16-8-3-4-9-17(16)21;/h3-9,12H,2,10-11,13H2,1H3,(H,26,29)(H2,25,27,28);1H. The zero-order chi connectivity index (χ0) is 21.3.